The van der Waals surface area contributed by atoms with Gasteiger partial charge in [0.05, 0.1) is 13.2 Å². The molecule has 0 aliphatic carbocycles. The molecule has 0 aliphatic rings. The molecule has 0 aromatic heterocycles. The SMILES string of the molecule is Cc1cc(Cl)ccc1Cc1cccc(COCc2cccc(Cc3ccc(Cl)cc3C)c2)c1. The Hall–Kier alpha value is -2.58. The van der Waals surface area contributed by atoms with Crippen LogP contribution >= 0.6 is 23.2 Å². The molecule has 33 heavy (non-hydrogen) atoms. The first-order valence-electron chi connectivity index (χ1n) is 11.2. The lowest BCUT2D eigenvalue weighted by Crippen LogP contribution is -1.98. The van der Waals surface area contributed by atoms with Crippen LogP contribution in [0.15, 0.2) is 84.9 Å². The summed E-state index contributed by atoms with van der Waals surface area (Å²) in [6.07, 6.45) is 1.78. The smallest absolute Gasteiger partial charge is 0.0721 e. The van der Waals surface area contributed by atoms with Gasteiger partial charge in [0.15, 0.2) is 0 Å². The number of rotatable bonds is 8. The predicted octanol–water partition coefficient (Wildman–Crippen LogP) is 8.51. The van der Waals surface area contributed by atoms with Crippen LogP contribution in [0.4, 0.5) is 0 Å². The van der Waals surface area contributed by atoms with Crippen LogP contribution in [0.3, 0.4) is 0 Å². The molecule has 0 saturated heterocycles. The molecule has 4 aromatic carbocycles. The van der Waals surface area contributed by atoms with E-state index in [-0.39, 0.29) is 0 Å². The molecule has 0 amide bonds. The largest absolute Gasteiger partial charge is 0.372 e. The van der Waals surface area contributed by atoms with Crippen LogP contribution in [0.1, 0.15) is 44.5 Å². The lowest BCUT2D eigenvalue weighted by atomic mass is 9.99. The number of hydrogen-bond donors (Lipinski definition) is 0. The maximum Gasteiger partial charge on any atom is 0.0721 e. The Bertz CT molecular complexity index is 1150. The zero-order valence-electron chi connectivity index (χ0n) is 19.1. The third-order valence-electron chi connectivity index (χ3n) is 5.92. The van der Waals surface area contributed by atoms with Crippen LogP contribution in [-0.4, -0.2) is 0 Å². The fraction of sp³-hybridized carbons (Fsp3) is 0.200. The third kappa shape index (κ3) is 6.71. The van der Waals surface area contributed by atoms with Gasteiger partial charge in [-0.1, -0.05) is 83.9 Å². The molecule has 0 bridgehead atoms. The summed E-state index contributed by atoms with van der Waals surface area (Å²) in [5.74, 6) is 0. The van der Waals surface area contributed by atoms with E-state index in [0.29, 0.717) is 13.2 Å². The Kier molecular flexibility index (Phi) is 7.88. The van der Waals surface area contributed by atoms with Crippen LogP contribution in [-0.2, 0) is 30.8 Å². The maximum absolute atomic E-state index is 6.09. The van der Waals surface area contributed by atoms with Crippen LogP contribution in [0.2, 0.25) is 10.0 Å². The van der Waals surface area contributed by atoms with Gasteiger partial charge < -0.3 is 4.74 Å². The van der Waals surface area contributed by atoms with Crippen LogP contribution in [0, 0.1) is 13.8 Å². The van der Waals surface area contributed by atoms with E-state index in [4.69, 9.17) is 27.9 Å². The van der Waals surface area contributed by atoms with Crippen molar-refractivity contribution >= 4 is 23.2 Å². The minimum absolute atomic E-state index is 0.591. The highest BCUT2D eigenvalue weighted by Crippen LogP contribution is 2.21. The molecule has 4 rings (SSSR count). The molecule has 168 valence electrons. The number of aryl methyl sites for hydroxylation is 2. The highest BCUT2D eigenvalue weighted by atomic mass is 35.5. The minimum Gasteiger partial charge on any atom is -0.372 e. The summed E-state index contributed by atoms with van der Waals surface area (Å²) in [5.41, 5.74) is 9.97. The topological polar surface area (TPSA) is 9.23 Å². The zero-order valence-corrected chi connectivity index (χ0v) is 20.6. The second-order valence-electron chi connectivity index (χ2n) is 8.63. The van der Waals surface area contributed by atoms with Gasteiger partial charge in [0.25, 0.3) is 0 Å². The lowest BCUT2D eigenvalue weighted by molar-refractivity contribution is 0.107. The van der Waals surface area contributed by atoms with Crippen molar-refractivity contribution in [1.82, 2.24) is 0 Å². The summed E-state index contributed by atoms with van der Waals surface area (Å²) < 4.78 is 6.06. The number of hydrogen-bond acceptors (Lipinski definition) is 1. The van der Waals surface area contributed by atoms with Gasteiger partial charge >= 0.3 is 0 Å². The van der Waals surface area contributed by atoms with E-state index < -0.39 is 0 Å². The van der Waals surface area contributed by atoms with E-state index >= 15 is 0 Å². The molecule has 4 aromatic rings. The Labute approximate surface area is 207 Å². The average molecular weight is 475 g/mol. The molecular weight excluding hydrogens is 447 g/mol. The molecule has 0 saturated carbocycles. The summed E-state index contributed by atoms with van der Waals surface area (Å²) in [7, 11) is 0. The minimum atomic E-state index is 0.591. The van der Waals surface area contributed by atoms with E-state index in [0.717, 1.165) is 22.9 Å². The normalized spacial score (nSPS) is 11.0. The first-order chi connectivity index (χ1) is 16.0. The monoisotopic (exact) mass is 474 g/mol. The predicted molar refractivity (Wildman–Crippen MR) is 139 cm³/mol. The highest BCUT2D eigenvalue weighted by molar-refractivity contribution is 6.30. The number of ether oxygens (including phenoxy) is 1. The van der Waals surface area contributed by atoms with Gasteiger partial charge in [-0.25, -0.2) is 0 Å². The first-order valence-corrected chi connectivity index (χ1v) is 12.0. The van der Waals surface area contributed by atoms with Crippen molar-refractivity contribution in [3.05, 3.63) is 139 Å². The van der Waals surface area contributed by atoms with E-state index in [9.17, 15) is 0 Å². The van der Waals surface area contributed by atoms with Crippen molar-refractivity contribution in [2.75, 3.05) is 0 Å². The van der Waals surface area contributed by atoms with Gasteiger partial charge in [-0.2, -0.15) is 0 Å². The van der Waals surface area contributed by atoms with Gasteiger partial charge in [0.1, 0.15) is 0 Å². The molecule has 1 nitrogen and oxygen atoms in total. The van der Waals surface area contributed by atoms with E-state index in [1.54, 1.807) is 0 Å². The van der Waals surface area contributed by atoms with Crippen molar-refractivity contribution in [3.8, 4) is 0 Å². The Balaban J connectivity index is 1.35. The summed E-state index contributed by atoms with van der Waals surface area (Å²) in [6, 6.07) is 29.4. The summed E-state index contributed by atoms with van der Waals surface area (Å²) >= 11 is 12.2. The second-order valence-corrected chi connectivity index (χ2v) is 9.50. The summed E-state index contributed by atoms with van der Waals surface area (Å²) in [4.78, 5) is 0. The maximum atomic E-state index is 6.09. The average Bonchev–Trinajstić information content (AvgIpc) is 2.78. The fourth-order valence-electron chi connectivity index (χ4n) is 4.10. The van der Waals surface area contributed by atoms with Crippen molar-refractivity contribution in [3.63, 3.8) is 0 Å². The molecule has 0 fully saturated rings. The van der Waals surface area contributed by atoms with Gasteiger partial charge in [0, 0.05) is 10.0 Å². The van der Waals surface area contributed by atoms with Gasteiger partial charge in [-0.05, 0) is 95.5 Å². The molecule has 0 heterocycles. The Morgan fingerprint density at radius 3 is 1.39 bits per heavy atom. The molecule has 3 heteroatoms. The molecular formula is C30H28Cl2O. The van der Waals surface area contributed by atoms with Crippen molar-refractivity contribution in [1.29, 1.82) is 0 Å². The van der Waals surface area contributed by atoms with Crippen LogP contribution in [0.25, 0.3) is 0 Å². The molecule has 0 spiro atoms. The van der Waals surface area contributed by atoms with E-state index in [1.165, 1.54) is 44.5 Å². The first kappa shape index (κ1) is 23.6. The summed E-state index contributed by atoms with van der Waals surface area (Å²) in [6.45, 7) is 5.40. The molecule has 0 aliphatic heterocycles. The van der Waals surface area contributed by atoms with Crippen LogP contribution < -0.4 is 0 Å². The fourth-order valence-corrected chi connectivity index (χ4v) is 4.55. The molecule has 0 unspecified atom stereocenters. The van der Waals surface area contributed by atoms with Crippen LogP contribution in [0.5, 0.6) is 0 Å². The van der Waals surface area contributed by atoms with Crippen molar-refractivity contribution < 1.29 is 4.74 Å². The zero-order chi connectivity index (χ0) is 23.2. The Morgan fingerprint density at radius 2 is 0.970 bits per heavy atom. The molecule has 0 radical (unpaired) electrons. The third-order valence-corrected chi connectivity index (χ3v) is 6.39. The Morgan fingerprint density at radius 1 is 0.545 bits per heavy atom. The standard InChI is InChI=1S/C30H28Cl2O/c1-21-13-29(31)11-9-27(21)17-23-5-3-7-25(15-23)19-33-20-26-8-4-6-24(16-26)18-28-10-12-30(32)14-22(28)2/h3-16H,17-20H2,1-2H3. The highest BCUT2D eigenvalue weighted by Gasteiger charge is 2.05. The van der Waals surface area contributed by atoms with Crippen molar-refractivity contribution in [2.45, 2.75) is 39.9 Å². The second kappa shape index (κ2) is 11.0. The molecule has 0 N–H and O–H groups in total. The number of benzene rings is 4. The lowest BCUT2D eigenvalue weighted by Gasteiger charge is -2.10. The van der Waals surface area contributed by atoms with Crippen molar-refractivity contribution in [2.24, 2.45) is 0 Å². The number of halogens is 2. The van der Waals surface area contributed by atoms with Gasteiger partial charge in [0.2, 0.25) is 0 Å². The van der Waals surface area contributed by atoms with E-state index in [1.807, 2.05) is 24.3 Å². The quantitative estimate of drug-likeness (QED) is 0.248. The summed E-state index contributed by atoms with van der Waals surface area (Å²) in [5, 5.41) is 1.57. The van der Waals surface area contributed by atoms with E-state index in [2.05, 4.69) is 74.5 Å². The van der Waals surface area contributed by atoms with Gasteiger partial charge in [-0.15, -0.1) is 0 Å². The van der Waals surface area contributed by atoms with Gasteiger partial charge in [-0.3, -0.25) is 0 Å². The molecule has 0 atom stereocenters.